The standard InChI is InChI=1S/C9H13N/c1-4-6-9(5-2)7-8-10-3/h4-8H,3H2,1-2H3/b6-4-,8-7+,9-5+. The summed E-state index contributed by atoms with van der Waals surface area (Å²) in [6, 6.07) is 0. The Morgan fingerprint density at radius 3 is 2.40 bits per heavy atom. The predicted molar refractivity (Wildman–Crippen MR) is 47.3 cm³/mol. The van der Waals surface area contributed by atoms with E-state index >= 15 is 0 Å². The Balaban J connectivity index is 4.10. The lowest BCUT2D eigenvalue weighted by molar-refractivity contribution is 1.52. The lowest BCUT2D eigenvalue weighted by Crippen LogP contribution is -1.66. The first-order valence-electron chi connectivity index (χ1n) is 3.26. The summed E-state index contributed by atoms with van der Waals surface area (Å²) in [4.78, 5) is 3.60. The van der Waals surface area contributed by atoms with E-state index in [2.05, 4.69) is 11.7 Å². The predicted octanol–water partition coefficient (Wildman–Crippen LogP) is 2.72. The van der Waals surface area contributed by atoms with Gasteiger partial charge in [0.2, 0.25) is 0 Å². The zero-order chi connectivity index (χ0) is 7.82. The summed E-state index contributed by atoms with van der Waals surface area (Å²) < 4.78 is 0. The topological polar surface area (TPSA) is 12.4 Å². The van der Waals surface area contributed by atoms with Gasteiger partial charge in [-0.3, -0.25) is 4.99 Å². The maximum absolute atomic E-state index is 3.60. The van der Waals surface area contributed by atoms with Crippen molar-refractivity contribution in [3.8, 4) is 0 Å². The average Bonchev–Trinajstić information content (AvgIpc) is 1.98. The number of hydrogen-bond donors (Lipinski definition) is 0. The molecule has 0 aliphatic carbocycles. The molecule has 0 aliphatic heterocycles. The quantitative estimate of drug-likeness (QED) is 0.417. The van der Waals surface area contributed by atoms with Gasteiger partial charge >= 0.3 is 0 Å². The van der Waals surface area contributed by atoms with Gasteiger partial charge in [-0.25, -0.2) is 0 Å². The van der Waals surface area contributed by atoms with Crippen molar-refractivity contribution in [3.05, 3.63) is 36.1 Å². The van der Waals surface area contributed by atoms with Crippen LogP contribution < -0.4 is 0 Å². The number of rotatable bonds is 3. The maximum atomic E-state index is 3.60. The fraction of sp³-hybridized carbons (Fsp3) is 0.222. The highest BCUT2D eigenvalue weighted by Crippen LogP contribution is 1.98. The molecule has 0 aliphatic rings. The molecule has 0 heterocycles. The van der Waals surface area contributed by atoms with Gasteiger partial charge in [0, 0.05) is 6.20 Å². The van der Waals surface area contributed by atoms with E-state index < -0.39 is 0 Å². The summed E-state index contributed by atoms with van der Waals surface area (Å²) in [5.74, 6) is 0. The van der Waals surface area contributed by atoms with Crippen molar-refractivity contribution in [3.63, 3.8) is 0 Å². The van der Waals surface area contributed by atoms with Gasteiger partial charge in [-0.15, -0.1) is 0 Å². The van der Waals surface area contributed by atoms with Gasteiger partial charge < -0.3 is 0 Å². The van der Waals surface area contributed by atoms with Gasteiger partial charge in [0.05, 0.1) is 0 Å². The highest BCUT2D eigenvalue weighted by molar-refractivity contribution is 5.32. The number of allylic oxidation sites excluding steroid dienone is 5. The molecule has 0 saturated carbocycles. The summed E-state index contributed by atoms with van der Waals surface area (Å²) in [5, 5.41) is 0. The number of aliphatic imine (C=N–C) groups is 1. The van der Waals surface area contributed by atoms with Gasteiger partial charge in [-0.05, 0) is 32.2 Å². The van der Waals surface area contributed by atoms with Crippen molar-refractivity contribution in [2.24, 2.45) is 4.99 Å². The van der Waals surface area contributed by atoms with Crippen LogP contribution in [-0.4, -0.2) is 6.72 Å². The molecule has 0 amide bonds. The molecule has 54 valence electrons. The van der Waals surface area contributed by atoms with Crippen LogP contribution in [-0.2, 0) is 0 Å². The van der Waals surface area contributed by atoms with Crippen molar-refractivity contribution < 1.29 is 0 Å². The van der Waals surface area contributed by atoms with Crippen LogP contribution in [0.1, 0.15) is 13.8 Å². The molecule has 0 fully saturated rings. The molecule has 0 unspecified atom stereocenters. The Kier molecular flexibility index (Phi) is 5.35. The third-order valence-electron chi connectivity index (χ3n) is 1.06. The van der Waals surface area contributed by atoms with E-state index in [-0.39, 0.29) is 0 Å². The van der Waals surface area contributed by atoms with Crippen molar-refractivity contribution in [1.82, 2.24) is 0 Å². The SMILES string of the molecule is C=N/C=C/C(/C=C\C)=C/C. The first-order valence-corrected chi connectivity index (χ1v) is 3.26. The number of nitrogens with zero attached hydrogens (tertiary/aromatic N) is 1. The van der Waals surface area contributed by atoms with Crippen molar-refractivity contribution in [1.29, 1.82) is 0 Å². The van der Waals surface area contributed by atoms with Gasteiger partial charge in [-0.2, -0.15) is 0 Å². The largest absolute Gasteiger partial charge is 0.272 e. The summed E-state index contributed by atoms with van der Waals surface area (Å²) in [7, 11) is 0. The second-order valence-corrected chi connectivity index (χ2v) is 1.79. The number of hydrogen-bond acceptors (Lipinski definition) is 1. The molecule has 0 spiro atoms. The average molecular weight is 135 g/mol. The molecule has 1 nitrogen and oxygen atoms in total. The molecule has 1 heteroatoms. The van der Waals surface area contributed by atoms with Crippen molar-refractivity contribution in [2.75, 3.05) is 0 Å². The summed E-state index contributed by atoms with van der Waals surface area (Å²) in [6.07, 6.45) is 9.61. The Labute approximate surface area is 62.5 Å². The van der Waals surface area contributed by atoms with Crippen molar-refractivity contribution >= 4 is 6.72 Å². The van der Waals surface area contributed by atoms with Crippen LogP contribution in [0, 0.1) is 0 Å². The fourth-order valence-corrected chi connectivity index (χ4v) is 0.579. The van der Waals surface area contributed by atoms with E-state index in [0.717, 1.165) is 5.57 Å². The molecular weight excluding hydrogens is 122 g/mol. The van der Waals surface area contributed by atoms with Crippen LogP contribution in [0.25, 0.3) is 0 Å². The monoisotopic (exact) mass is 135 g/mol. The molecule has 0 aromatic heterocycles. The van der Waals surface area contributed by atoms with Gasteiger partial charge in [0.25, 0.3) is 0 Å². The van der Waals surface area contributed by atoms with Crippen LogP contribution in [0.5, 0.6) is 0 Å². The Morgan fingerprint density at radius 1 is 1.30 bits per heavy atom. The fourth-order valence-electron chi connectivity index (χ4n) is 0.579. The Morgan fingerprint density at radius 2 is 2.00 bits per heavy atom. The van der Waals surface area contributed by atoms with Crippen LogP contribution in [0.2, 0.25) is 0 Å². The first kappa shape index (κ1) is 8.89. The van der Waals surface area contributed by atoms with Crippen LogP contribution in [0.4, 0.5) is 0 Å². The van der Waals surface area contributed by atoms with Gasteiger partial charge in [-0.1, -0.05) is 18.2 Å². The van der Waals surface area contributed by atoms with Crippen LogP contribution >= 0.6 is 0 Å². The van der Waals surface area contributed by atoms with E-state index in [1.807, 2.05) is 38.2 Å². The van der Waals surface area contributed by atoms with E-state index in [4.69, 9.17) is 0 Å². The molecule has 0 aromatic carbocycles. The van der Waals surface area contributed by atoms with E-state index in [1.165, 1.54) is 0 Å². The Bertz CT molecular complexity index is 173. The third-order valence-corrected chi connectivity index (χ3v) is 1.06. The maximum Gasteiger partial charge on any atom is 0.0266 e. The molecule has 0 rings (SSSR count). The van der Waals surface area contributed by atoms with Crippen LogP contribution in [0.3, 0.4) is 0 Å². The molecule has 0 bridgehead atoms. The zero-order valence-corrected chi connectivity index (χ0v) is 6.54. The molecule has 0 atom stereocenters. The summed E-state index contributed by atoms with van der Waals surface area (Å²) >= 11 is 0. The second-order valence-electron chi connectivity index (χ2n) is 1.79. The lowest BCUT2D eigenvalue weighted by Gasteiger charge is -1.87. The third kappa shape index (κ3) is 3.84. The molecule has 0 N–H and O–H groups in total. The Hall–Kier alpha value is -1.11. The van der Waals surface area contributed by atoms with E-state index in [1.54, 1.807) is 6.20 Å². The summed E-state index contributed by atoms with van der Waals surface area (Å²) in [6.45, 7) is 7.31. The summed E-state index contributed by atoms with van der Waals surface area (Å²) in [5.41, 5.74) is 1.15. The minimum Gasteiger partial charge on any atom is -0.272 e. The second kappa shape index (κ2) is 6.02. The first-order chi connectivity index (χ1) is 4.85. The van der Waals surface area contributed by atoms with Gasteiger partial charge in [0.1, 0.15) is 0 Å². The molecule has 0 saturated heterocycles. The normalized spacial score (nSPS) is 13.2. The zero-order valence-electron chi connectivity index (χ0n) is 6.54. The van der Waals surface area contributed by atoms with E-state index in [9.17, 15) is 0 Å². The van der Waals surface area contributed by atoms with Crippen LogP contribution in [0.15, 0.2) is 41.1 Å². The lowest BCUT2D eigenvalue weighted by atomic mass is 10.2. The van der Waals surface area contributed by atoms with E-state index in [0.29, 0.717) is 0 Å². The smallest absolute Gasteiger partial charge is 0.0266 e. The highest BCUT2D eigenvalue weighted by atomic mass is 14.6. The highest BCUT2D eigenvalue weighted by Gasteiger charge is 1.77. The molecule has 0 radical (unpaired) electrons. The van der Waals surface area contributed by atoms with Crippen molar-refractivity contribution in [2.45, 2.75) is 13.8 Å². The van der Waals surface area contributed by atoms with Gasteiger partial charge in [0.15, 0.2) is 0 Å². The minimum atomic E-state index is 1.15. The molecular formula is C9H13N. The molecule has 10 heavy (non-hydrogen) atoms. The minimum absolute atomic E-state index is 1.15. The molecule has 0 aromatic rings.